The lowest BCUT2D eigenvalue weighted by Crippen LogP contribution is -2.47. The van der Waals surface area contributed by atoms with Gasteiger partial charge in [-0.25, -0.2) is 0 Å². The zero-order chi connectivity index (χ0) is 24.0. The number of Topliss-reactive ketones (excluding diaryl/α,β-unsaturated/α-hetero) is 1. The van der Waals surface area contributed by atoms with Gasteiger partial charge in [0.15, 0.2) is 17.3 Å². The second kappa shape index (κ2) is 11.4. The number of benzene rings is 2. The summed E-state index contributed by atoms with van der Waals surface area (Å²) >= 11 is 12.4. The van der Waals surface area contributed by atoms with Gasteiger partial charge in [-0.2, -0.15) is 0 Å². The van der Waals surface area contributed by atoms with Crippen LogP contribution in [-0.4, -0.2) is 63.2 Å². The van der Waals surface area contributed by atoms with E-state index in [9.17, 15) is 9.59 Å². The van der Waals surface area contributed by atoms with Gasteiger partial charge < -0.3 is 23.8 Å². The van der Waals surface area contributed by atoms with E-state index in [1.165, 1.54) is 27.2 Å². The first-order valence-corrected chi connectivity index (χ1v) is 11.0. The van der Waals surface area contributed by atoms with Crippen molar-refractivity contribution < 1.29 is 28.5 Å². The smallest absolute Gasteiger partial charge is 0.246 e. The van der Waals surface area contributed by atoms with Crippen LogP contribution in [0.1, 0.15) is 22.8 Å². The molecule has 0 aromatic heterocycles. The fourth-order valence-electron chi connectivity index (χ4n) is 3.41. The number of ether oxygens (including phenoxy) is 4. The number of morpholine rings is 1. The Kier molecular flexibility index (Phi) is 8.61. The summed E-state index contributed by atoms with van der Waals surface area (Å²) in [5.74, 6) is 1.03. The standard InChI is InChI=1S/C24H25Cl2NO6/c1-15(28)19-12-17(25)6-8-20(19)33-14-18-13-27(10-11-32-18)22(29)9-5-16-4-7-21(30-2)24(31-3)23(16)26/h4-9,12,18H,10-11,13-14H2,1-3H3. The summed E-state index contributed by atoms with van der Waals surface area (Å²) < 4.78 is 22.1. The van der Waals surface area contributed by atoms with Gasteiger partial charge in [-0.3, -0.25) is 9.59 Å². The van der Waals surface area contributed by atoms with E-state index >= 15 is 0 Å². The first kappa shape index (κ1) is 24.9. The summed E-state index contributed by atoms with van der Waals surface area (Å²) in [5, 5.41) is 0.818. The van der Waals surface area contributed by atoms with Crippen molar-refractivity contribution in [3.63, 3.8) is 0 Å². The Hall–Kier alpha value is -2.74. The molecule has 9 heteroatoms. The molecule has 0 aliphatic carbocycles. The van der Waals surface area contributed by atoms with Gasteiger partial charge in [0.05, 0.1) is 38.0 Å². The van der Waals surface area contributed by atoms with E-state index in [0.29, 0.717) is 58.1 Å². The highest BCUT2D eigenvalue weighted by Gasteiger charge is 2.24. The van der Waals surface area contributed by atoms with Crippen molar-refractivity contribution in [1.82, 2.24) is 4.90 Å². The zero-order valence-corrected chi connectivity index (χ0v) is 20.1. The molecule has 0 saturated carbocycles. The summed E-state index contributed by atoms with van der Waals surface area (Å²) in [7, 11) is 3.03. The number of hydrogen-bond acceptors (Lipinski definition) is 6. The second-order valence-electron chi connectivity index (χ2n) is 7.32. The summed E-state index contributed by atoms with van der Waals surface area (Å²) in [5.41, 5.74) is 1.04. The molecule has 0 spiro atoms. The van der Waals surface area contributed by atoms with E-state index in [1.54, 1.807) is 41.3 Å². The van der Waals surface area contributed by atoms with Gasteiger partial charge in [0.1, 0.15) is 18.5 Å². The number of nitrogens with zero attached hydrogens (tertiary/aromatic N) is 1. The molecule has 1 fully saturated rings. The Morgan fingerprint density at radius 2 is 1.91 bits per heavy atom. The lowest BCUT2D eigenvalue weighted by molar-refractivity contribution is -0.134. The zero-order valence-electron chi connectivity index (χ0n) is 18.6. The van der Waals surface area contributed by atoms with Gasteiger partial charge in [0.2, 0.25) is 5.91 Å². The van der Waals surface area contributed by atoms with Gasteiger partial charge in [-0.05, 0) is 48.9 Å². The third-order valence-corrected chi connectivity index (χ3v) is 5.74. The number of hydrogen-bond donors (Lipinski definition) is 0. The Labute approximate surface area is 202 Å². The third kappa shape index (κ3) is 6.19. The van der Waals surface area contributed by atoms with Crippen LogP contribution in [0.4, 0.5) is 0 Å². The monoisotopic (exact) mass is 493 g/mol. The van der Waals surface area contributed by atoms with Crippen molar-refractivity contribution in [2.45, 2.75) is 13.0 Å². The van der Waals surface area contributed by atoms with Crippen molar-refractivity contribution in [2.75, 3.05) is 40.5 Å². The molecule has 0 radical (unpaired) electrons. The number of carbonyl (C=O) groups is 2. The SMILES string of the molecule is COc1ccc(C=CC(=O)N2CCOC(COc3ccc(Cl)cc3C(C)=O)C2)c(Cl)c1OC. The highest BCUT2D eigenvalue weighted by molar-refractivity contribution is 6.34. The largest absolute Gasteiger partial charge is 0.493 e. The average Bonchev–Trinajstić information content (AvgIpc) is 2.82. The summed E-state index contributed by atoms with van der Waals surface area (Å²) in [6, 6.07) is 8.36. The van der Waals surface area contributed by atoms with Crippen LogP contribution in [0.2, 0.25) is 10.0 Å². The van der Waals surface area contributed by atoms with E-state index in [0.717, 1.165) is 0 Å². The quantitative estimate of drug-likeness (QED) is 0.397. The topological polar surface area (TPSA) is 74.3 Å². The molecule has 33 heavy (non-hydrogen) atoms. The first-order chi connectivity index (χ1) is 15.8. The Morgan fingerprint density at radius 1 is 1.15 bits per heavy atom. The fraction of sp³-hybridized carbons (Fsp3) is 0.333. The second-order valence-corrected chi connectivity index (χ2v) is 8.14. The summed E-state index contributed by atoms with van der Waals surface area (Å²) in [6.45, 7) is 2.83. The molecular weight excluding hydrogens is 469 g/mol. The number of halogens is 2. The molecule has 1 amide bonds. The first-order valence-electron chi connectivity index (χ1n) is 10.3. The minimum absolute atomic E-state index is 0.146. The Morgan fingerprint density at radius 3 is 2.61 bits per heavy atom. The molecule has 1 saturated heterocycles. The molecule has 0 bridgehead atoms. The lowest BCUT2D eigenvalue weighted by Gasteiger charge is -2.32. The minimum Gasteiger partial charge on any atom is -0.493 e. The molecule has 7 nitrogen and oxygen atoms in total. The average molecular weight is 494 g/mol. The number of rotatable bonds is 8. The van der Waals surface area contributed by atoms with Gasteiger partial charge >= 0.3 is 0 Å². The molecule has 1 aliphatic rings. The molecule has 176 valence electrons. The molecule has 2 aromatic carbocycles. The fourth-order valence-corrected chi connectivity index (χ4v) is 3.87. The van der Waals surface area contributed by atoms with Crippen LogP contribution in [0.3, 0.4) is 0 Å². The number of carbonyl (C=O) groups excluding carboxylic acids is 2. The van der Waals surface area contributed by atoms with Crippen LogP contribution >= 0.6 is 23.2 Å². The van der Waals surface area contributed by atoms with Crippen LogP contribution in [0.15, 0.2) is 36.4 Å². The minimum atomic E-state index is -0.337. The number of ketones is 1. The molecule has 3 rings (SSSR count). The van der Waals surface area contributed by atoms with Gasteiger partial charge in [0, 0.05) is 17.6 Å². The number of methoxy groups -OCH3 is 2. The normalized spacial score (nSPS) is 16.0. The van der Waals surface area contributed by atoms with Crippen molar-refractivity contribution in [1.29, 1.82) is 0 Å². The molecule has 1 atom stereocenters. The third-order valence-electron chi connectivity index (χ3n) is 5.12. The molecule has 1 unspecified atom stereocenters. The summed E-state index contributed by atoms with van der Waals surface area (Å²) in [4.78, 5) is 26.3. The van der Waals surface area contributed by atoms with E-state index in [4.69, 9.17) is 42.1 Å². The van der Waals surface area contributed by atoms with E-state index in [-0.39, 0.29) is 24.4 Å². The highest BCUT2D eigenvalue weighted by Crippen LogP contribution is 2.37. The van der Waals surface area contributed by atoms with Gasteiger partial charge in [0.25, 0.3) is 0 Å². The molecule has 1 aliphatic heterocycles. The van der Waals surface area contributed by atoms with E-state index in [2.05, 4.69) is 0 Å². The maximum absolute atomic E-state index is 12.7. The van der Waals surface area contributed by atoms with Crippen LogP contribution in [-0.2, 0) is 9.53 Å². The summed E-state index contributed by atoms with van der Waals surface area (Å²) in [6.07, 6.45) is 2.76. The predicted octanol–water partition coefficient (Wildman–Crippen LogP) is 4.53. The Balaban J connectivity index is 1.63. The van der Waals surface area contributed by atoms with Gasteiger partial charge in [-0.15, -0.1) is 0 Å². The van der Waals surface area contributed by atoms with Crippen LogP contribution < -0.4 is 14.2 Å². The maximum Gasteiger partial charge on any atom is 0.246 e. The van der Waals surface area contributed by atoms with Crippen molar-refractivity contribution in [3.05, 3.63) is 57.6 Å². The van der Waals surface area contributed by atoms with Crippen molar-refractivity contribution >= 4 is 41.0 Å². The van der Waals surface area contributed by atoms with Crippen LogP contribution in [0.5, 0.6) is 17.2 Å². The van der Waals surface area contributed by atoms with Crippen molar-refractivity contribution in [3.8, 4) is 17.2 Å². The van der Waals surface area contributed by atoms with Crippen LogP contribution in [0, 0.1) is 0 Å². The molecule has 1 heterocycles. The van der Waals surface area contributed by atoms with E-state index in [1.807, 2.05) is 0 Å². The maximum atomic E-state index is 12.7. The van der Waals surface area contributed by atoms with Crippen LogP contribution in [0.25, 0.3) is 6.08 Å². The molecule has 0 N–H and O–H groups in total. The van der Waals surface area contributed by atoms with Gasteiger partial charge in [-0.1, -0.05) is 23.2 Å². The molecular formula is C24H25Cl2NO6. The predicted molar refractivity (Wildman–Crippen MR) is 127 cm³/mol. The highest BCUT2D eigenvalue weighted by atomic mass is 35.5. The lowest BCUT2D eigenvalue weighted by atomic mass is 10.1. The Bertz CT molecular complexity index is 1060. The van der Waals surface area contributed by atoms with Crippen molar-refractivity contribution in [2.24, 2.45) is 0 Å². The van der Waals surface area contributed by atoms with E-state index < -0.39 is 0 Å². The number of amides is 1. The molecule has 2 aromatic rings.